The maximum Gasteiger partial charge on any atom is 0.151 e. The van der Waals surface area contributed by atoms with Gasteiger partial charge in [-0.1, -0.05) is 31.9 Å². The van der Waals surface area contributed by atoms with Gasteiger partial charge in [-0.2, -0.15) is 0 Å². The molecule has 2 atom stereocenters. The highest BCUT2D eigenvalue weighted by Crippen LogP contribution is 2.28. The van der Waals surface area contributed by atoms with E-state index in [1.165, 1.54) is 0 Å². The third kappa shape index (κ3) is 2.70. The van der Waals surface area contributed by atoms with Gasteiger partial charge in [0.15, 0.2) is 9.84 Å². The Balaban J connectivity index is 2.59. The first-order chi connectivity index (χ1) is 5.05. The van der Waals surface area contributed by atoms with Gasteiger partial charge in [0.1, 0.15) is 0 Å². The summed E-state index contributed by atoms with van der Waals surface area (Å²) in [7, 11) is -2.73. The third-order valence-electron chi connectivity index (χ3n) is 1.87. The number of hydrogen-bond donors (Lipinski definition) is 0. The number of halogens is 2. The van der Waals surface area contributed by atoms with Crippen LogP contribution in [0, 0.1) is 5.92 Å². The topological polar surface area (TPSA) is 34.1 Å². The van der Waals surface area contributed by atoms with Gasteiger partial charge in [-0.15, -0.1) is 0 Å². The van der Waals surface area contributed by atoms with E-state index in [1.807, 2.05) is 0 Å². The molecule has 0 aromatic rings. The van der Waals surface area contributed by atoms with E-state index in [9.17, 15) is 8.42 Å². The lowest BCUT2D eigenvalue weighted by Gasteiger charge is -2.08. The molecule has 1 aliphatic heterocycles. The van der Waals surface area contributed by atoms with Crippen LogP contribution in [-0.2, 0) is 9.84 Å². The lowest BCUT2D eigenvalue weighted by molar-refractivity contribution is 0.585. The fraction of sp³-hybridized carbons (Fsp3) is 1.00. The fourth-order valence-electron chi connectivity index (χ4n) is 1.28. The van der Waals surface area contributed by atoms with Crippen molar-refractivity contribution in [1.82, 2.24) is 0 Å². The minimum absolute atomic E-state index is 0.171. The quantitative estimate of drug-likeness (QED) is 0.726. The van der Waals surface area contributed by atoms with Crippen molar-refractivity contribution >= 4 is 41.7 Å². The van der Waals surface area contributed by atoms with E-state index >= 15 is 0 Å². The standard InChI is InChI=1S/C6H10Br2O2S/c7-2-1-5-3-11(9,10)4-6(5)8/h5-6H,1-4H2. The average molecular weight is 306 g/mol. The maximum absolute atomic E-state index is 11.1. The van der Waals surface area contributed by atoms with Crippen LogP contribution in [0.25, 0.3) is 0 Å². The Morgan fingerprint density at radius 1 is 1.36 bits per heavy atom. The lowest BCUT2D eigenvalue weighted by atomic mass is 10.1. The summed E-state index contributed by atoms with van der Waals surface area (Å²) in [6.45, 7) is 0. The molecule has 0 radical (unpaired) electrons. The summed E-state index contributed by atoms with van der Waals surface area (Å²) in [4.78, 5) is 0.171. The van der Waals surface area contributed by atoms with Crippen LogP contribution in [0.2, 0.25) is 0 Å². The second-order valence-electron chi connectivity index (χ2n) is 2.83. The zero-order valence-corrected chi connectivity index (χ0v) is 9.95. The van der Waals surface area contributed by atoms with Crippen LogP contribution in [0.4, 0.5) is 0 Å². The van der Waals surface area contributed by atoms with Gasteiger partial charge in [0, 0.05) is 10.2 Å². The normalized spacial score (nSPS) is 35.8. The fourth-order valence-corrected chi connectivity index (χ4v) is 5.72. The first-order valence-electron chi connectivity index (χ1n) is 3.45. The molecule has 5 heteroatoms. The highest BCUT2D eigenvalue weighted by molar-refractivity contribution is 9.09. The molecule has 2 unspecified atom stereocenters. The maximum atomic E-state index is 11.1. The van der Waals surface area contributed by atoms with Gasteiger partial charge >= 0.3 is 0 Å². The number of rotatable bonds is 2. The molecule has 1 aliphatic rings. The third-order valence-corrected chi connectivity index (χ3v) is 5.63. The van der Waals surface area contributed by atoms with E-state index < -0.39 is 9.84 Å². The van der Waals surface area contributed by atoms with Crippen LogP contribution >= 0.6 is 31.9 Å². The van der Waals surface area contributed by atoms with Gasteiger partial charge in [0.25, 0.3) is 0 Å². The van der Waals surface area contributed by atoms with Gasteiger partial charge in [0.05, 0.1) is 11.5 Å². The van der Waals surface area contributed by atoms with Gasteiger partial charge in [0.2, 0.25) is 0 Å². The van der Waals surface area contributed by atoms with Crippen molar-refractivity contribution in [2.75, 3.05) is 16.8 Å². The predicted octanol–water partition coefficient (Wildman–Crippen LogP) is 1.58. The molecule has 0 spiro atoms. The van der Waals surface area contributed by atoms with Crippen LogP contribution in [-0.4, -0.2) is 30.1 Å². The van der Waals surface area contributed by atoms with E-state index in [0.29, 0.717) is 17.4 Å². The Kier molecular flexibility index (Phi) is 3.40. The van der Waals surface area contributed by atoms with Crippen molar-refractivity contribution in [3.05, 3.63) is 0 Å². The zero-order chi connectivity index (χ0) is 8.48. The minimum atomic E-state index is -2.73. The predicted molar refractivity (Wildman–Crippen MR) is 53.3 cm³/mol. The van der Waals surface area contributed by atoms with Gasteiger partial charge in [-0.05, 0) is 12.3 Å². The summed E-state index contributed by atoms with van der Waals surface area (Å²) in [5.74, 6) is 0.971. The van der Waals surface area contributed by atoms with E-state index in [1.54, 1.807) is 0 Å². The lowest BCUT2D eigenvalue weighted by Crippen LogP contribution is -2.11. The van der Waals surface area contributed by atoms with Crippen LogP contribution < -0.4 is 0 Å². The van der Waals surface area contributed by atoms with E-state index in [2.05, 4.69) is 31.9 Å². The summed E-state index contributed by atoms with van der Waals surface area (Å²) in [5, 5.41) is 0.884. The highest BCUT2D eigenvalue weighted by atomic mass is 79.9. The van der Waals surface area contributed by atoms with Crippen molar-refractivity contribution in [3.8, 4) is 0 Å². The van der Waals surface area contributed by atoms with Crippen LogP contribution in [0.3, 0.4) is 0 Å². The minimum Gasteiger partial charge on any atom is -0.229 e. The van der Waals surface area contributed by atoms with Crippen LogP contribution in [0.15, 0.2) is 0 Å². The highest BCUT2D eigenvalue weighted by Gasteiger charge is 2.35. The summed E-state index contributed by atoms with van der Waals surface area (Å²) in [6.07, 6.45) is 0.940. The SMILES string of the molecule is O=S1(=O)CC(Br)C(CCBr)C1. The smallest absolute Gasteiger partial charge is 0.151 e. The van der Waals surface area contributed by atoms with Crippen molar-refractivity contribution in [3.63, 3.8) is 0 Å². The number of sulfone groups is 1. The van der Waals surface area contributed by atoms with E-state index in [0.717, 1.165) is 11.8 Å². The molecular formula is C6H10Br2O2S. The first kappa shape index (κ1) is 9.99. The van der Waals surface area contributed by atoms with E-state index in [4.69, 9.17) is 0 Å². The van der Waals surface area contributed by atoms with Crippen molar-refractivity contribution in [2.24, 2.45) is 5.92 Å². The Morgan fingerprint density at radius 2 is 2.00 bits per heavy atom. The van der Waals surface area contributed by atoms with Crippen LogP contribution in [0.5, 0.6) is 0 Å². The largest absolute Gasteiger partial charge is 0.229 e. The molecule has 0 amide bonds. The molecule has 0 aromatic heterocycles. The molecular weight excluding hydrogens is 296 g/mol. The van der Waals surface area contributed by atoms with Crippen LogP contribution in [0.1, 0.15) is 6.42 Å². The molecule has 0 aliphatic carbocycles. The average Bonchev–Trinajstić information content (AvgIpc) is 2.07. The molecule has 1 rings (SSSR count). The van der Waals surface area contributed by atoms with Crippen molar-refractivity contribution in [2.45, 2.75) is 11.2 Å². The van der Waals surface area contributed by atoms with E-state index in [-0.39, 0.29) is 4.83 Å². The number of alkyl halides is 2. The Bertz CT molecular complexity index is 225. The Morgan fingerprint density at radius 3 is 2.36 bits per heavy atom. The summed E-state index contributed by atoms with van der Waals surface area (Å²) < 4.78 is 22.2. The molecule has 1 fully saturated rings. The van der Waals surface area contributed by atoms with Gasteiger partial charge in [-0.25, -0.2) is 8.42 Å². The first-order valence-corrected chi connectivity index (χ1v) is 7.31. The molecule has 2 nitrogen and oxygen atoms in total. The molecule has 0 N–H and O–H groups in total. The Labute approximate surface area is 83.9 Å². The molecule has 66 valence electrons. The molecule has 11 heavy (non-hydrogen) atoms. The molecule has 1 heterocycles. The van der Waals surface area contributed by atoms with Crippen molar-refractivity contribution in [1.29, 1.82) is 0 Å². The zero-order valence-electron chi connectivity index (χ0n) is 5.96. The van der Waals surface area contributed by atoms with Gasteiger partial charge < -0.3 is 0 Å². The Hall–Kier alpha value is 0.910. The monoisotopic (exact) mass is 304 g/mol. The summed E-state index contributed by atoms with van der Waals surface area (Å²) in [6, 6.07) is 0. The molecule has 1 saturated heterocycles. The summed E-state index contributed by atoms with van der Waals surface area (Å²) >= 11 is 6.69. The molecule has 0 bridgehead atoms. The number of hydrogen-bond acceptors (Lipinski definition) is 2. The molecule has 0 aromatic carbocycles. The second kappa shape index (κ2) is 3.75. The molecule has 0 saturated carbocycles. The summed E-state index contributed by atoms with van der Waals surface area (Å²) in [5.41, 5.74) is 0. The van der Waals surface area contributed by atoms with Crippen molar-refractivity contribution < 1.29 is 8.42 Å². The van der Waals surface area contributed by atoms with Gasteiger partial charge in [-0.3, -0.25) is 0 Å². The second-order valence-corrected chi connectivity index (χ2v) is 6.95.